The number of nitrogens with one attached hydrogen (secondary N) is 1. The van der Waals surface area contributed by atoms with Crippen molar-refractivity contribution in [3.63, 3.8) is 0 Å². The summed E-state index contributed by atoms with van der Waals surface area (Å²) in [5.41, 5.74) is 6.14. The van der Waals surface area contributed by atoms with Crippen LogP contribution in [-0.2, 0) is 9.53 Å². The molecule has 0 radical (unpaired) electrons. The first kappa shape index (κ1) is 18.8. The van der Waals surface area contributed by atoms with Gasteiger partial charge in [-0.1, -0.05) is 41.9 Å². The van der Waals surface area contributed by atoms with Crippen LogP contribution in [0.25, 0.3) is 0 Å². The Kier molecular flexibility index (Phi) is 5.28. The Morgan fingerprint density at radius 3 is 2.64 bits per heavy atom. The molecule has 0 saturated carbocycles. The number of thioether (sulfide) groups is 1. The van der Waals surface area contributed by atoms with Crippen molar-refractivity contribution < 1.29 is 9.53 Å². The zero-order valence-corrected chi connectivity index (χ0v) is 16.8. The van der Waals surface area contributed by atoms with E-state index in [4.69, 9.17) is 16.3 Å². The molecule has 0 aliphatic carbocycles. The zero-order chi connectivity index (χ0) is 19.6. The van der Waals surface area contributed by atoms with E-state index >= 15 is 0 Å². The molecule has 4 rings (SSSR count). The Balaban J connectivity index is 1.66. The maximum Gasteiger partial charge on any atom is 0.365 e. The minimum atomic E-state index is -0.686. The van der Waals surface area contributed by atoms with Crippen molar-refractivity contribution in [2.45, 2.75) is 24.8 Å². The molecule has 0 amide bonds. The highest BCUT2D eigenvalue weighted by Crippen LogP contribution is 2.44. The lowest BCUT2D eigenvalue weighted by atomic mass is 10.0. The van der Waals surface area contributed by atoms with Crippen molar-refractivity contribution in [2.75, 3.05) is 11.6 Å². The molecular weight excluding hydrogens is 396 g/mol. The molecule has 144 valence electrons. The molecule has 2 heterocycles. The van der Waals surface area contributed by atoms with Gasteiger partial charge in [0, 0.05) is 11.4 Å². The number of esters is 1. The fourth-order valence-corrected chi connectivity index (χ4v) is 4.38. The lowest BCUT2D eigenvalue weighted by molar-refractivity contribution is -0.134. The molecule has 28 heavy (non-hydrogen) atoms. The van der Waals surface area contributed by atoms with Crippen molar-refractivity contribution in [1.82, 2.24) is 5.43 Å². The van der Waals surface area contributed by atoms with Gasteiger partial charge in [-0.25, -0.2) is 9.80 Å². The van der Waals surface area contributed by atoms with Gasteiger partial charge in [-0.15, -0.1) is 0 Å². The number of ether oxygens (including phenoxy) is 1. The van der Waals surface area contributed by atoms with Crippen molar-refractivity contribution in [2.24, 2.45) is 10.2 Å². The van der Waals surface area contributed by atoms with Crippen LogP contribution in [0.2, 0.25) is 5.02 Å². The zero-order valence-electron chi connectivity index (χ0n) is 15.3. The second kappa shape index (κ2) is 7.85. The summed E-state index contributed by atoms with van der Waals surface area (Å²) < 4.78 is 5.15. The molecule has 1 spiro atoms. The molecule has 0 fully saturated rings. The lowest BCUT2D eigenvalue weighted by Gasteiger charge is -2.38. The van der Waals surface area contributed by atoms with Gasteiger partial charge in [-0.05, 0) is 54.9 Å². The van der Waals surface area contributed by atoms with Gasteiger partial charge in [0.1, 0.15) is 0 Å². The van der Waals surface area contributed by atoms with Crippen LogP contribution in [0.1, 0.15) is 25.3 Å². The number of carbonyl (C=O) groups excluding carboxylic acids is 1. The molecule has 0 saturated heterocycles. The van der Waals surface area contributed by atoms with Crippen LogP contribution >= 0.6 is 23.4 Å². The van der Waals surface area contributed by atoms with E-state index in [9.17, 15) is 4.79 Å². The lowest BCUT2D eigenvalue weighted by Crippen LogP contribution is -2.53. The quantitative estimate of drug-likeness (QED) is 0.759. The van der Waals surface area contributed by atoms with Gasteiger partial charge in [0.15, 0.2) is 0 Å². The Hall–Kier alpha value is -2.51. The number of hydrazone groups is 2. The van der Waals surface area contributed by atoms with E-state index in [1.54, 1.807) is 24.1 Å². The molecule has 2 aliphatic heterocycles. The fourth-order valence-electron chi connectivity index (χ4n) is 3.14. The van der Waals surface area contributed by atoms with E-state index in [1.165, 1.54) is 11.8 Å². The highest BCUT2D eigenvalue weighted by atomic mass is 35.5. The molecule has 2 aromatic carbocycles. The van der Waals surface area contributed by atoms with Crippen LogP contribution in [0.4, 0.5) is 5.69 Å². The number of benzene rings is 2. The summed E-state index contributed by atoms with van der Waals surface area (Å²) in [6.45, 7) is 2.08. The first-order valence-corrected chi connectivity index (χ1v) is 10.2. The number of hydrogen-bond donors (Lipinski definition) is 1. The van der Waals surface area contributed by atoms with Gasteiger partial charge >= 0.3 is 5.97 Å². The third-order valence-electron chi connectivity index (χ3n) is 4.49. The van der Waals surface area contributed by atoms with Gasteiger partial charge in [0.05, 0.1) is 18.0 Å². The van der Waals surface area contributed by atoms with Crippen LogP contribution in [0.3, 0.4) is 0 Å². The molecule has 1 atom stereocenters. The predicted molar refractivity (Wildman–Crippen MR) is 114 cm³/mol. The normalized spacial score (nSPS) is 21.1. The smallest absolute Gasteiger partial charge is 0.365 e. The van der Waals surface area contributed by atoms with Gasteiger partial charge in [0.25, 0.3) is 0 Å². The summed E-state index contributed by atoms with van der Waals surface area (Å²) in [5.74, 6) is -0.428. The van der Waals surface area contributed by atoms with Gasteiger partial charge < -0.3 is 4.74 Å². The molecule has 0 aromatic heterocycles. The van der Waals surface area contributed by atoms with Crippen molar-refractivity contribution in [1.29, 1.82) is 0 Å². The minimum Gasteiger partial charge on any atom is -0.461 e. The molecule has 1 unspecified atom stereocenters. The predicted octanol–water partition coefficient (Wildman–Crippen LogP) is 4.21. The summed E-state index contributed by atoms with van der Waals surface area (Å²) in [6, 6.07) is 17.4. The van der Waals surface area contributed by atoms with Crippen LogP contribution in [0, 0.1) is 0 Å². The van der Waals surface area contributed by atoms with Crippen LogP contribution in [0.15, 0.2) is 64.8 Å². The van der Waals surface area contributed by atoms with Gasteiger partial charge in [-0.3, -0.25) is 5.43 Å². The van der Waals surface area contributed by atoms with Crippen molar-refractivity contribution in [3.8, 4) is 0 Å². The number of anilines is 1. The molecule has 0 bridgehead atoms. The van der Waals surface area contributed by atoms with E-state index in [0.29, 0.717) is 23.1 Å². The number of halogens is 1. The second-order valence-electron chi connectivity index (χ2n) is 6.34. The van der Waals surface area contributed by atoms with E-state index in [1.807, 2.05) is 42.5 Å². The summed E-state index contributed by atoms with van der Waals surface area (Å²) in [4.78, 5) is 11.6. The van der Waals surface area contributed by atoms with Gasteiger partial charge in [-0.2, -0.15) is 10.2 Å². The van der Waals surface area contributed by atoms with Crippen molar-refractivity contribution >= 4 is 45.8 Å². The van der Waals surface area contributed by atoms with Crippen LogP contribution in [-0.4, -0.2) is 28.3 Å². The van der Waals surface area contributed by atoms with E-state index < -0.39 is 11.0 Å². The fraction of sp³-hybridized carbons (Fsp3) is 0.250. The summed E-state index contributed by atoms with van der Waals surface area (Å²) in [7, 11) is 0. The third-order valence-corrected chi connectivity index (χ3v) is 5.99. The van der Waals surface area contributed by atoms with Crippen molar-refractivity contribution in [3.05, 3.63) is 65.2 Å². The topological polar surface area (TPSA) is 66.3 Å². The van der Waals surface area contributed by atoms with Crippen LogP contribution < -0.4 is 10.4 Å². The first-order chi connectivity index (χ1) is 13.6. The molecule has 2 aromatic rings. The molecular formula is C20H19ClN4O2S. The van der Waals surface area contributed by atoms with Gasteiger partial charge in [0.2, 0.25) is 10.0 Å². The summed E-state index contributed by atoms with van der Waals surface area (Å²) in [5, 5.41) is 11.9. The Labute approximate surface area is 172 Å². The maximum absolute atomic E-state index is 12.3. The summed E-state index contributed by atoms with van der Waals surface area (Å²) >= 11 is 7.37. The second-order valence-corrected chi connectivity index (χ2v) is 8.04. The average molecular weight is 415 g/mol. The number of hydrogen-bond acceptors (Lipinski definition) is 7. The van der Waals surface area contributed by atoms with E-state index in [0.717, 1.165) is 23.4 Å². The Morgan fingerprint density at radius 1 is 1.25 bits per heavy atom. The average Bonchev–Trinajstić information content (AvgIpc) is 3.09. The maximum atomic E-state index is 12.3. The number of carbonyl (C=O) groups is 1. The van der Waals surface area contributed by atoms with E-state index in [2.05, 4.69) is 15.6 Å². The standard InChI is InChI=1S/C20H19ClN4O2S/c1-2-27-19(26)18-23-25(16-10-8-15(21)9-11-16)20(28-18)13-12-17(22-24-20)14-6-4-3-5-7-14/h3-11,24H,2,12-13H2,1H3. The Morgan fingerprint density at radius 2 is 2.00 bits per heavy atom. The monoisotopic (exact) mass is 414 g/mol. The number of rotatable bonds is 4. The highest BCUT2D eigenvalue weighted by molar-refractivity contribution is 8.17. The third kappa shape index (κ3) is 3.59. The first-order valence-electron chi connectivity index (χ1n) is 9.01. The molecule has 1 N–H and O–H groups in total. The molecule has 2 aliphatic rings. The SMILES string of the molecule is CCOC(=O)C1=NN(c2ccc(Cl)cc2)C2(CCC(c3ccccc3)=NN2)S1. The molecule has 6 nitrogen and oxygen atoms in total. The highest BCUT2D eigenvalue weighted by Gasteiger charge is 2.48. The number of nitrogens with zero attached hydrogens (tertiary/aromatic N) is 3. The van der Waals surface area contributed by atoms with Crippen LogP contribution in [0.5, 0.6) is 0 Å². The Bertz CT molecular complexity index is 933. The molecule has 8 heteroatoms. The largest absolute Gasteiger partial charge is 0.461 e. The van der Waals surface area contributed by atoms with E-state index in [-0.39, 0.29) is 0 Å². The minimum absolute atomic E-state index is 0.302. The summed E-state index contributed by atoms with van der Waals surface area (Å²) in [6.07, 6.45) is 1.46.